The zero-order valence-corrected chi connectivity index (χ0v) is 11.8. The molecular formula is C11H14ClFO4S. The average molecular weight is 297 g/mol. The van der Waals surface area contributed by atoms with Crippen LogP contribution in [0.4, 0.5) is 4.39 Å². The quantitative estimate of drug-likeness (QED) is 0.784. The van der Waals surface area contributed by atoms with Crippen molar-refractivity contribution in [2.24, 2.45) is 0 Å². The summed E-state index contributed by atoms with van der Waals surface area (Å²) < 4.78 is 45.6. The largest absolute Gasteiger partial charge is 0.496 e. The second kappa shape index (κ2) is 5.75. The van der Waals surface area contributed by atoms with E-state index in [1.165, 1.54) is 33.3 Å². The smallest absolute Gasteiger partial charge is 0.236 e. The Kier molecular flexibility index (Phi) is 4.81. The van der Waals surface area contributed by atoms with Gasteiger partial charge in [-0.25, -0.2) is 12.8 Å². The molecule has 0 radical (unpaired) electrons. The van der Waals surface area contributed by atoms with Gasteiger partial charge in [0.05, 0.1) is 20.0 Å². The van der Waals surface area contributed by atoms with Crippen LogP contribution in [0.1, 0.15) is 24.2 Å². The Morgan fingerprint density at radius 2 is 1.83 bits per heavy atom. The number of benzene rings is 1. The minimum absolute atomic E-state index is 0.263. The fourth-order valence-electron chi connectivity index (χ4n) is 1.59. The molecule has 0 heterocycles. The number of alkyl halides is 1. The fraction of sp³-hybridized carbons (Fsp3) is 0.455. The van der Waals surface area contributed by atoms with Gasteiger partial charge in [0.1, 0.15) is 17.7 Å². The molecule has 0 amide bonds. The first-order valence-electron chi connectivity index (χ1n) is 5.09. The van der Waals surface area contributed by atoms with E-state index in [1.807, 2.05) is 0 Å². The predicted octanol–water partition coefficient (Wildman–Crippen LogP) is 2.80. The van der Waals surface area contributed by atoms with Gasteiger partial charge in [-0.05, 0) is 19.1 Å². The van der Waals surface area contributed by atoms with Crippen LogP contribution in [0.3, 0.4) is 0 Å². The van der Waals surface area contributed by atoms with Crippen molar-refractivity contribution in [2.45, 2.75) is 18.8 Å². The molecule has 0 aliphatic carbocycles. The summed E-state index contributed by atoms with van der Waals surface area (Å²) in [7, 11) is 4.23. The lowest BCUT2D eigenvalue weighted by Gasteiger charge is -2.14. The molecule has 7 heteroatoms. The maximum absolute atomic E-state index is 13.4. The Bertz CT molecular complexity index is 528. The lowest BCUT2D eigenvalue weighted by molar-refractivity contribution is 0.342. The number of ether oxygens (including phenoxy) is 2. The molecule has 18 heavy (non-hydrogen) atoms. The van der Waals surface area contributed by atoms with E-state index in [0.29, 0.717) is 11.1 Å². The van der Waals surface area contributed by atoms with E-state index in [4.69, 9.17) is 20.2 Å². The highest BCUT2D eigenvalue weighted by atomic mass is 35.7. The number of hydrogen-bond donors (Lipinski definition) is 0. The van der Waals surface area contributed by atoms with Gasteiger partial charge in [0.15, 0.2) is 0 Å². The van der Waals surface area contributed by atoms with Gasteiger partial charge in [0.2, 0.25) is 9.05 Å². The molecule has 0 aromatic heterocycles. The summed E-state index contributed by atoms with van der Waals surface area (Å²) in [6, 6.07) is 2.84. The molecule has 0 N–H and O–H groups in total. The van der Waals surface area contributed by atoms with Crippen LogP contribution in [0.2, 0.25) is 0 Å². The first-order chi connectivity index (χ1) is 8.28. The van der Waals surface area contributed by atoms with E-state index in [2.05, 4.69) is 0 Å². The van der Waals surface area contributed by atoms with Crippen LogP contribution in [0.25, 0.3) is 0 Å². The molecule has 0 saturated carbocycles. The molecule has 0 fully saturated rings. The summed E-state index contributed by atoms with van der Waals surface area (Å²) in [4.78, 5) is 0. The molecule has 0 saturated heterocycles. The maximum Gasteiger partial charge on any atom is 0.236 e. The Balaban J connectivity index is 3.35. The highest BCUT2D eigenvalue weighted by Crippen LogP contribution is 2.35. The van der Waals surface area contributed by atoms with E-state index >= 15 is 0 Å². The average Bonchev–Trinajstić information content (AvgIpc) is 2.25. The molecule has 0 aliphatic heterocycles. The van der Waals surface area contributed by atoms with Crippen LogP contribution in [0.5, 0.6) is 11.5 Å². The van der Waals surface area contributed by atoms with Crippen molar-refractivity contribution < 1.29 is 22.3 Å². The highest BCUT2D eigenvalue weighted by Gasteiger charge is 2.18. The van der Waals surface area contributed by atoms with Crippen molar-refractivity contribution in [3.05, 3.63) is 23.3 Å². The number of hydrogen-bond acceptors (Lipinski definition) is 4. The van der Waals surface area contributed by atoms with Crippen molar-refractivity contribution in [3.63, 3.8) is 0 Å². The standard InChI is InChI=1S/C11H14ClFO4S/c1-7(13)9-5-10(16-2)8(4-11(9)17-3)6-18(12,14)15/h4-5,7H,6H2,1-3H3. The second-order valence-electron chi connectivity index (χ2n) is 3.71. The Morgan fingerprint density at radius 3 is 2.22 bits per heavy atom. The molecule has 1 atom stereocenters. The van der Waals surface area contributed by atoms with E-state index in [9.17, 15) is 12.8 Å². The lowest BCUT2D eigenvalue weighted by Crippen LogP contribution is -2.02. The van der Waals surface area contributed by atoms with E-state index in [0.717, 1.165) is 0 Å². The SMILES string of the molecule is COc1cc(C(C)F)c(OC)cc1CS(=O)(=O)Cl. The minimum Gasteiger partial charge on any atom is -0.496 e. The van der Waals surface area contributed by atoms with Gasteiger partial charge in [-0.2, -0.15) is 0 Å². The van der Waals surface area contributed by atoms with Crippen molar-refractivity contribution in [3.8, 4) is 11.5 Å². The van der Waals surface area contributed by atoms with Gasteiger partial charge in [-0.3, -0.25) is 0 Å². The van der Waals surface area contributed by atoms with Gasteiger partial charge in [-0.15, -0.1) is 0 Å². The van der Waals surface area contributed by atoms with Gasteiger partial charge in [0.25, 0.3) is 0 Å². The monoisotopic (exact) mass is 296 g/mol. The number of halogens is 2. The second-order valence-corrected chi connectivity index (χ2v) is 6.48. The third-order valence-electron chi connectivity index (χ3n) is 2.39. The van der Waals surface area contributed by atoms with Crippen molar-refractivity contribution >= 4 is 19.7 Å². The van der Waals surface area contributed by atoms with E-state index < -0.39 is 21.0 Å². The van der Waals surface area contributed by atoms with Crippen LogP contribution in [-0.2, 0) is 14.8 Å². The molecule has 1 unspecified atom stereocenters. The van der Waals surface area contributed by atoms with E-state index in [1.54, 1.807) is 0 Å². The number of rotatable bonds is 5. The molecular weight excluding hydrogens is 283 g/mol. The molecule has 0 bridgehead atoms. The summed E-state index contributed by atoms with van der Waals surface area (Å²) in [5.74, 6) is 0.121. The van der Waals surface area contributed by atoms with Crippen molar-refractivity contribution in [2.75, 3.05) is 14.2 Å². The molecule has 0 aliphatic rings. The third-order valence-corrected chi connectivity index (χ3v) is 3.37. The maximum atomic E-state index is 13.4. The van der Waals surface area contributed by atoms with E-state index in [-0.39, 0.29) is 11.5 Å². The minimum atomic E-state index is -3.72. The summed E-state index contributed by atoms with van der Waals surface area (Å²) in [6.07, 6.45) is -1.25. The van der Waals surface area contributed by atoms with Gasteiger partial charge >= 0.3 is 0 Å². The third kappa shape index (κ3) is 3.74. The first-order valence-corrected chi connectivity index (χ1v) is 7.57. The highest BCUT2D eigenvalue weighted by molar-refractivity contribution is 8.13. The fourth-order valence-corrected chi connectivity index (χ4v) is 2.54. The zero-order chi connectivity index (χ0) is 13.9. The molecule has 4 nitrogen and oxygen atoms in total. The van der Waals surface area contributed by atoms with Crippen LogP contribution >= 0.6 is 10.7 Å². The van der Waals surface area contributed by atoms with Crippen LogP contribution in [0, 0.1) is 0 Å². The number of methoxy groups -OCH3 is 2. The normalized spacial score (nSPS) is 13.2. The lowest BCUT2D eigenvalue weighted by atomic mass is 10.1. The zero-order valence-electron chi connectivity index (χ0n) is 10.2. The van der Waals surface area contributed by atoms with Crippen LogP contribution < -0.4 is 9.47 Å². The summed E-state index contributed by atoms with van der Waals surface area (Å²) in [5, 5.41) is 0. The Morgan fingerprint density at radius 1 is 1.28 bits per heavy atom. The molecule has 102 valence electrons. The van der Waals surface area contributed by atoms with Crippen molar-refractivity contribution in [1.82, 2.24) is 0 Å². The summed E-state index contributed by atoms with van der Waals surface area (Å²) >= 11 is 0. The Labute approximate surface area is 110 Å². The van der Waals surface area contributed by atoms with Crippen LogP contribution in [0.15, 0.2) is 12.1 Å². The first kappa shape index (κ1) is 15.0. The topological polar surface area (TPSA) is 52.6 Å². The van der Waals surface area contributed by atoms with Gasteiger partial charge < -0.3 is 9.47 Å². The predicted molar refractivity (Wildman–Crippen MR) is 67.5 cm³/mol. The summed E-state index contributed by atoms with van der Waals surface area (Å²) in [6.45, 7) is 1.36. The van der Waals surface area contributed by atoms with Crippen LogP contribution in [-0.4, -0.2) is 22.6 Å². The summed E-state index contributed by atoms with van der Waals surface area (Å²) in [5.41, 5.74) is 0.624. The molecule has 1 aromatic rings. The van der Waals surface area contributed by atoms with Gasteiger partial charge in [0, 0.05) is 21.8 Å². The molecule has 0 spiro atoms. The van der Waals surface area contributed by atoms with Gasteiger partial charge in [-0.1, -0.05) is 0 Å². The Hall–Kier alpha value is -1.01. The molecule has 1 aromatic carbocycles. The van der Waals surface area contributed by atoms with Crippen molar-refractivity contribution in [1.29, 1.82) is 0 Å². The molecule has 1 rings (SSSR count).